The number of nitrogens with zero attached hydrogens (tertiary/aromatic N) is 3. The highest BCUT2D eigenvalue weighted by atomic mass is 32.1. The molecule has 0 amide bonds. The molecule has 0 fully saturated rings. The molecule has 5 nitrogen and oxygen atoms in total. The summed E-state index contributed by atoms with van der Waals surface area (Å²) >= 11 is 1.22. The van der Waals surface area contributed by atoms with E-state index in [1.54, 1.807) is 10.9 Å². The van der Waals surface area contributed by atoms with E-state index >= 15 is 0 Å². The zero-order valence-electron chi connectivity index (χ0n) is 9.22. The molecule has 0 N–H and O–H groups in total. The monoisotopic (exact) mass is 237 g/mol. The molecule has 0 aliphatic rings. The van der Waals surface area contributed by atoms with Crippen LogP contribution in [0, 0.1) is 13.8 Å². The zero-order chi connectivity index (χ0) is 11.7. The first kappa shape index (κ1) is 10.8. The number of thiazole rings is 1. The van der Waals surface area contributed by atoms with Gasteiger partial charge in [0.05, 0.1) is 12.8 Å². The second-order valence-corrected chi connectivity index (χ2v) is 4.27. The van der Waals surface area contributed by atoms with Crippen LogP contribution in [0.4, 0.5) is 0 Å². The van der Waals surface area contributed by atoms with Crippen molar-refractivity contribution in [1.82, 2.24) is 14.5 Å². The quantitative estimate of drug-likeness (QED) is 0.763. The Hall–Kier alpha value is -1.69. The third-order valence-corrected chi connectivity index (χ3v) is 3.31. The first-order valence-corrected chi connectivity index (χ1v) is 5.50. The molecule has 0 bridgehead atoms. The summed E-state index contributed by atoms with van der Waals surface area (Å²) < 4.78 is 6.81. The first-order valence-electron chi connectivity index (χ1n) is 4.68. The number of aryl methyl sites for hydroxylation is 1. The van der Waals surface area contributed by atoms with Gasteiger partial charge in [0.1, 0.15) is 11.2 Å². The molecule has 2 heterocycles. The predicted octanol–water partition coefficient (Wildman–Crippen LogP) is 1.77. The van der Waals surface area contributed by atoms with Crippen LogP contribution in [-0.2, 0) is 0 Å². The Bertz CT molecular complexity index is 530. The Morgan fingerprint density at radius 3 is 2.75 bits per heavy atom. The number of hydrogen-bond acceptors (Lipinski definition) is 5. The van der Waals surface area contributed by atoms with Gasteiger partial charge in [-0.1, -0.05) is 11.3 Å². The van der Waals surface area contributed by atoms with Crippen molar-refractivity contribution in [2.45, 2.75) is 13.8 Å². The summed E-state index contributed by atoms with van der Waals surface area (Å²) in [6.07, 6.45) is 2.44. The van der Waals surface area contributed by atoms with E-state index in [9.17, 15) is 4.79 Å². The van der Waals surface area contributed by atoms with Gasteiger partial charge in [-0.15, -0.1) is 0 Å². The SMILES string of the molecule is COc1nc(-n2cnc(C)c2C)c(C=O)s1. The van der Waals surface area contributed by atoms with E-state index < -0.39 is 0 Å². The molecule has 0 radical (unpaired) electrons. The van der Waals surface area contributed by atoms with Crippen LogP contribution < -0.4 is 4.74 Å². The Balaban J connectivity index is 2.58. The van der Waals surface area contributed by atoms with Crippen LogP contribution >= 0.6 is 11.3 Å². The van der Waals surface area contributed by atoms with Gasteiger partial charge in [0.2, 0.25) is 0 Å². The standard InChI is InChI=1S/C10H11N3O2S/c1-6-7(2)13(5-11-6)9-8(4-14)16-10(12-9)15-3/h4-5H,1-3H3. The van der Waals surface area contributed by atoms with Gasteiger partial charge in [-0.3, -0.25) is 9.36 Å². The third-order valence-electron chi connectivity index (χ3n) is 2.38. The molecule has 0 spiro atoms. The maximum absolute atomic E-state index is 10.9. The fraction of sp³-hybridized carbons (Fsp3) is 0.300. The molecule has 2 rings (SSSR count). The average Bonchev–Trinajstić information content (AvgIpc) is 2.84. The molecule has 2 aromatic heterocycles. The average molecular weight is 237 g/mol. The van der Waals surface area contributed by atoms with Crippen LogP contribution in [-0.4, -0.2) is 27.9 Å². The number of rotatable bonds is 3. The van der Waals surface area contributed by atoms with E-state index in [1.165, 1.54) is 18.4 Å². The summed E-state index contributed by atoms with van der Waals surface area (Å²) in [4.78, 5) is 19.9. The summed E-state index contributed by atoms with van der Waals surface area (Å²) in [7, 11) is 1.53. The van der Waals surface area contributed by atoms with Crippen LogP contribution in [0.5, 0.6) is 5.19 Å². The van der Waals surface area contributed by atoms with Crippen molar-refractivity contribution in [3.63, 3.8) is 0 Å². The lowest BCUT2D eigenvalue weighted by molar-refractivity contribution is 0.112. The van der Waals surface area contributed by atoms with Crippen molar-refractivity contribution >= 4 is 17.6 Å². The Morgan fingerprint density at radius 2 is 2.25 bits per heavy atom. The minimum atomic E-state index is 0.475. The number of hydrogen-bond donors (Lipinski definition) is 0. The molecule has 0 saturated heterocycles. The van der Waals surface area contributed by atoms with Crippen LogP contribution in [0.2, 0.25) is 0 Å². The van der Waals surface area contributed by atoms with Gasteiger partial charge in [-0.2, -0.15) is 4.98 Å². The van der Waals surface area contributed by atoms with Gasteiger partial charge in [-0.25, -0.2) is 4.98 Å². The van der Waals surface area contributed by atoms with Gasteiger partial charge >= 0.3 is 0 Å². The van der Waals surface area contributed by atoms with Crippen LogP contribution in [0.3, 0.4) is 0 Å². The molecular formula is C10H11N3O2S. The van der Waals surface area contributed by atoms with E-state index in [1.807, 2.05) is 13.8 Å². The van der Waals surface area contributed by atoms with Gasteiger partial charge < -0.3 is 4.74 Å². The maximum atomic E-state index is 10.9. The van der Waals surface area contributed by atoms with Crippen molar-refractivity contribution < 1.29 is 9.53 Å². The minimum absolute atomic E-state index is 0.475. The van der Waals surface area contributed by atoms with E-state index in [4.69, 9.17) is 4.74 Å². The lowest BCUT2D eigenvalue weighted by Gasteiger charge is -2.01. The lowest BCUT2D eigenvalue weighted by Crippen LogP contribution is -1.99. The summed E-state index contributed by atoms with van der Waals surface area (Å²) in [5.74, 6) is 0.579. The van der Waals surface area contributed by atoms with Gasteiger partial charge in [0.15, 0.2) is 12.1 Å². The number of carbonyl (C=O) groups is 1. The maximum Gasteiger partial charge on any atom is 0.275 e. The fourth-order valence-electron chi connectivity index (χ4n) is 1.35. The number of imidazole rings is 1. The van der Waals surface area contributed by atoms with Gasteiger partial charge in [0, 0.05) is 5.69 Å². The normalized spacial score (nSPS) is 10.4. The highest BCUT2D eigenvalue weighted by Gasteiger charge is 2.15. The Kier molecular flexibility index (Phi) is 2.74. The van der Waals surface area contributed by atoms with Crippen molar-refractivity contribution in [2.24, 2.45) is 0 Å². The molecule has 84 valence electrons. The number of aldehydes is 1. The largest absolute Gasteiger partial charge is 0.473 e. The summed E-state index contributed by atoms with van der Waals surface area (Å²) in [5.41, 5.74) is 1.89. The summed E-state index contributed by atoms with van der Waals surface area (Å²) in [6, 6.07) is 0. The number of aromatic nitrogens is 3. The molecule has 0 aliphatic carbocycles. The molecule has 2 aromatic rings. The van der Waals surface area contributed by atoms with Crippen LogP contribution in [0.1, 0.15) is 21.1 Å². The lowest BCUT2D eigenvalue weighted by atomic mass is 10.4. The van der Waals surface area contributed by atoms with Crippen molar-refractivity contribution in [2.75, 3.05) is 7.11 Å². The minimum Gasteiger partial charge on any atom is -0.473 e. The molecule has 0 atom stereocenters. The van der Waals surface area contributed by atoms with Crippen molar-refractivity contribution in [3.05, 3.63) is 22.6 Å². The third kappa shape index (κ3) is 1.61. The number of methoxy groups -OCH3 is 1. The molecule has 0 aromatic carbocycles. The fourth-order valence-corrected chi connectivity index (χ4v) is 2.04. The Labute approximate surface area is 96.7 Å². The molecule has 6 heteroatoms. The predicted molar refractivity (Wildman–Crippen MR) is 60.6 cm³/mol. The molecule has 0 unspecified atom stereocenters. The van der Waals surface area contributed by atoms with E-state index in [0.717, 1.165) is 17.7 Å². The second kappa shape index (κ2) is 4.05. The molecule has 0 aliphatic heterocycles. The van der Waals surface area contributed by atoms with Crippen molar-refractivity contribution in [1.29, 1.82) is 0 Å². The molecule has 0 saturated carbocycles. The Morgan fingerprint density at radius 1 is 1.50 bits per heavy atom. The van der Waals surface area contributed by atoms with Gasteiger partial charge in [0.25, 0.3) is 5.19 Å². The highest BCUT2D eigenvalue weighted by Crippen LogP contribution is 2.27. The summed E-state index contributed by atoms with van der Waals surface area (Å²) in [6.45, 7) is 3.85. The first-order chi connectivity index (χ1) is 7.67. The van der Waals surface area contributed by atoms with E-state index in [2.05, 4.69) is 9.97 Å². The van der Waals surface area contributed by atoms with E-state index in [0.29, 0.717) is 15.9 Å². The second-order valence-electron chi connectivity index (χ2n) is 3.27. The zero-order valence-corrected chi connectivity index (χ0v) is 10.0. The topological polar surface area (TPSA) is 57.0 Å². The summed E-state index contributed by atoms with van der Waals surface area (Å²) in [5, 5.41) is 0.475. The highest BCUT2D eigenvalue weighted by molar-refractivity contribution is 7.15. The molecular weight excluding hydrogens is 226 g/mol. The number of ether oxygens (including phenoxy) is 1. The van der Waals surface area contributed by atoms with Crippen molar-refractivity contribution in [3.8, 4) is 11.0 Å². The van der Waals surface area contributed by atoms with Crippen LogP contribution in [0.15, 0.2) is 6.33 Å². The van der Waals surface area contributed by atoms with Gasteiger partial charge in [-0.05, 0) is 13.8 Å². The van der Waals surface area contributed by atoms with Crippen LogP contribution in [0.25, 0.3) is 5.82 Å². The van der Waals surface area contributed by atoms with E-state index in [-0.39, 0.29) is 0 Å². The smallest absolute Gasteiger partial charge is 0.275 e. The number of carbonyl (C=O) groups excluding carboxylic acids is 1. The molecule has 16 heavy (non-hydrogen) atoms.